The number of benzene rings is 1. The third-order valence-corrected chi connectivity index (χ3v) is 7.30. The number of carboxylic acids is 2. The van der Waals surface area contributed by atoms with Crippen molar-refractivity contribution in [3.8, 4) is 0 Å². The summed E-state index contributed by atoms with van der Waals surface area (Å²) in [6.45, 7) is 0. The van der Waals surface area contributed by atoms with Crippen LogP contribution in [-0.2, 0) is 4.79 Å². The van der Waals surface area contributed by atoms with Crippen LogP contribution in [0.5, 0.6) is 0 Å². The van der Waals surface area contributed by atoms with E-state index in [1.54, 1.807) is 0 Å². The number of rotatable bonds is 2. The second-order valence-electron chi connectivity index (χ2n) is 8.78. The standard InChI is InChI=1S/C26H20O4/c27-24(28)19-11-14-7-9-26-8-2-1-6-20(26)22-16(13-17(26)10-14)12-15-4-3-5-18(19)21(15)23(22)25(29)30/h1-9,12-14,18-19H,10-11H2,(H,27,28)(H,29,30). The lowest BCUT2D eigenvalue weighted by Gasteiger charge is -2.41. The lowest BCUT2D eigenvalue weighted by atomic mass is 9.62. The molecule has 148 valence electrons. The molecule has 0 amide bonds. The van der Waals surface area contributed by atoms with Gasteiger partial charge in [-0.25, -0.2) is 4.79 Å². The molecular formula is C26H20O4. The highest BCUT2D eigenvalue weighted by molar-refractivity contribution is 5.96. The number of carboxylic acid groups (broad SMARTS) is 2. The molecule has 8 rings (SSSR count). The quantitative estimate of drug-likeness (QED) is 0.753. The molecule has 4 heteroatoms. The van der Waals surface area contributed by atoms with Gasteiger partial charge in [0.25, 0.3) is 0 Å². The lowest BCUT2D eigenvalue weighted by Crippen LogP contribution is -2.39. The summed E-state index contributed by atoms with van der Waals surface area (Å²) in [5.74, 6) is -2.90. The minimum atomic E-state index is -0.999. The smallest absolute Gasteiger partial charge is 0.336 e. The molecule has 0 aliphatic heterocycles. The average molecular weight is 396 g/mol. The van der Waals surface area contributed by atoms with Crippen LogP contribution in [0.4, 0.5) is 0 Å². The molecule has 0 fully saturated rings. The largest absolute Gasteiger partial charge is 0.481 e. The van der Waals surface area contributed by atoms with E-state index >= 15 is 0 Å². The number of aliphatic carboxylic acids is 1. The Kier molecular flexibility index (Phi) is 3.39. The second-order valence-corrected chi connectivity index (χ2v) is 8.78. The Morgan fingerprint density at radius 2 is 1.93 bits per heavy atom. The summed E-state index contributed by atoms with van der Waals surface area (Å²) in [6, 6.07) is 2.04. The van der Waals surface area contributed by atoms with Crippen LogP contribution in [0.15, 0.2) is 60.2 Å². The molecule has 0 radical (unpaired) electrons. The third-order valence-electron chi connectivity index (χ3n) is 7.30. The molecule has 7 aliphatic carbocycles. The van der Waals surface area contributed by atoms with Gasteiger partial charge in [-0.15, -0.1) is 0 Å². The summed E-state index contributed by atoms with van der Waals surface area (Å²) >= 11 is 0. The number of carbonyl (C=O) groups is 2. The number of hydrogen-bond donors (Lipinski definition) is 2. The van der Waals surface area contributed by atoms with Crippen LogP contribution in [-0.4, -0.2) is 22.2 Å². The first-order valence-corrected chi connectivity index (χ1v) is 10.3. The van der Waals surface area contributed by atoms with Crippen molar-refractivity contribution in [1.82, 2.24) is 0 Å². The van der Waals surface area contributed by atoms with E-state index in [9.17, 15) is 19.8 Å². The monoisotopic (exact) mass is 396 g/mol. The van der Waals surface area contributed by atoms with Crippen LogP contribution in [0.1, 0.15) is 40.2 Å². The molecule has 4 unspecified atom stereocenters. The zero-order valence-electron chi connectivity index (χ0n) is 16.2. The highest BCUT2D eigenvalue weighted by Crippen LogP contribution is 2.52. The van der Waals surface area contributed by atoms with Crippen LogP contribution >= 0.6 is 0 Å². The Hall–Kier alpha value is -3.40. The SMILES string of the molecule is O=C(O)c1c2c3cc4c1=C1C=CC=CC15C=CC(CC5=C4)CC(C(=O)O)C2C=CC=3. The Bertz CT molecular complexity index is 1320. The average Bonchev–Trinajstić information content (AvgIpc) is 2.77. The van der Waals surface area contributed by atoms with Gasteiger partial charge in [-0.05, 0) is 46.7 Å². The van der Waals surface area contributed by atoms with Gasteiger partial charge in [0, 0.05) is 11.1 Å². The highest BCUT2D eigenvalue weighted by Gasteiger charge is 2.44. The van der Waals surface area contributed by atoms with Gasteiger partial charge in [0.15, 0.2) is 0 Å². The van der Waals surface area contributed by atoms with E-state index < -0.39 is 29.2 Å². The van der Waals surface area contributed by atoms with Gasteiger partial charge in [-0.2, -0.15) is 0 Å². The predicted molar refractivity (Wildman–Crippen MR) is 114 cm³/mol. The van der Waals surface area contributed by atoms with Gasteiger partial charge in [-0.1, -0.05) is 66.3 Å². The molecule has 1 aromatic rings. The predicted octanol–water partition coefficient (Wildman–Crippen LogP) is 3.16. The summed E-state index contributed by atoms with van der Waals surface area (Å²) in [7, 11) is 0. The van der Waals surface area contributed by atoms with Crippen molar-refractivity contribution in [2.75, 3.05) is 0 Å². The molecule has 4 atom stereocenters. The Morgan fingerprint density at radius 3 is 2.73 bits per heavy atom. The van der Waals surface area contributed by atoms with E-state index in [1.807, 2.05) is 42.5 Å². The second kappa shape index (κ2) is 5.82. The molecule has 0 heterocycles. The van der Waals surface area contributed by atoms with Gasteiger partial charge in [-0.3, -0.25) is 4.79 Å². The fraction of sp³-hybridized carbons (Fsp3) is 0.231. The fourth-order valence-corrected chi connectivity index (χ4v) is 6.05. The van der Waals surface area contributed by atoms with Gasteiger partial charge in [0.05, 0.1) is 16.9 Å². The summed E-state index contributed by atoms with van der Waals surface area (Å²) in [5.41, 5.74) is 3.56. The highest BCUT2D eigenvalue weighted by atomic mass is 16.4. The number of allylic oxidation sites excluding steroid dienone is 9. The van der Waals surface area contributed by atoms with Gasteiger partial charge in [0.1, 0.15) is 0 Å². The minimum absolute atomic E-state index is 0.111. The van der Waals surface area contributed by atoms with Crippen LogP contribution < -0.4 is 10.4 Å². The van der Waals surface area contributed by atoms with Gasteiger partial charge in [0.2, 0.25) is 0 Å². The maximum Gasteiger partial charge on any atom is 0.336 e. The molecule has 4 nitrogen and oxygen atoms in total. The lowest BCUT2D eigenvalue weighted by molar-refractivity contribution is -0.142. The molecule has 0 saturated heterocycles. The summed E-state index contributed by atoms with van der Waals surface area (Å²) in [5, 5.41) is 22.0. The van der Waals surface area contributed by atoms with Crippen molar-refractivity contribution < 1.29 is 19.8 Å². The van der Waals surface area contributed by atoms with E-state index in [-0.39, 0.29) is 11.5 Å². The van der Waals surface area contributed by atoms with Gasteiger partial charge < -0.3 is 10.2 Å². The molecule has 7 aliphatic rings. The van der Waals surface area contributed by atoms with Crippen molar-refractivity contribution in [2.24, 2.45) is 17.3 Å². The van der Waals surface area contributed by atoms with Crippen molar-refractivity contribution in [3.05, 3.63) is 87.4 Å². The Morgan fingerprint density at radius 1 is 1.07 bits per heavy atom. The summed E-state index contributed by atoms with van der Waals surface area (Å²) in [4.78, 5) is 25.0. The van der Waals surface area contributed by atoms with E-state index in [4.69, 9.17) is 0 Å². The minimum Gasteiger partial charge on any atom is -0.481 e. The molecule has 1 aromatic carbocycles. The Balaban J connectivity index is 1.86. The maximum absolute atomic E-state index is 12.7. The maximum atomic E-state index is 12.7. The molecule has 2 N–H and O–H groups in total. The van der Waals surface area contributed by atoms with E-state index in [0.717, 1.165) is 28.0 Å². The van der Waals surface area contributed by atoms with Crippen molar-refractivity contribution in [2.45, 2.75) is 18.8 Å². The molecule has 30 heavy (non-hydrogen) atoms. The van der Waals surface area contributed by atoms with Crippen molar-refractivity contribution in [3.63, 3.8) is 0 Å². The Labute approximate surface area is 173 Å². The first-order chi connectivity index (χ1) is 14.5. The topological polar surface area (TPSA) is 74.6 Å². The molecule has 8 bridgehead atoms. The molecule has 0 saturated carbocycles. The van der Waals surface area contributed by atoms with Crippen LogP contribution in [0.3, 0.4) is 0 Å². The number of hydrogen-bond acceptors (Lipinski definition) is 2. The van der Waals surface area contributed by atoms with E-state index in [1.165, 1.54) is 5.57 Å². The van der Waals surface area contributed by atoms with E-state index in [0.29, 0.717) is 12.0 Å². The van der Waals surface area contributed by atoms with Crippen molar-refractivity contribution in [1.29, 1.82) is 0 Å². The zero-order chi connectivity index (χ0) is 20.6. The van der Waals surface area contributed by atoms with E-state index in [2.05, 4.69) is 24.3 Å². The zero-order valence-corrected chi connectivity index (χ0v) is 16.2. The summed E-state index contributed by atoms with van der Waals surface area (Å²) < 4.78 is 0. The molecule has 0 aromatic heterocycles. The number of aromatic carboxylic acids is 1. The van der Waals surface area contributed by atoms with Crippen LogP contribution in [0.25, 0.3) is 17.7 Å². The van der Waals surface area contributed by atoms with Gasteiger partial charge >= 0.3 is 11.9 Å². The van der Waals surface area contributed by atoms with Crippen LogP contribution in [0, 0.1) is 17.3 Å². The van der Waals surface area contributed by atoms with Crippen LogP contribution in [0.2, 0.25) is 0 Å². The molecule has 1 spiro atoms. The summed E-state index contributed by atoms with van der Waals surface area (Å²) in [6.07, 6.45) is 21.5. The normalized spacial score (nSPS) is 31.3. The fourth-order valence-electron chi connectivity index (χ4n) is 6.05. The van der Waals surface area contributed by atoms with Crippen molar-refractivity contribution >= 4 is 29.7 Å². The first kappa shape index (κ1) is 17.5. The molecular weight excluding hydrogens is 376 g/mol. The third kappa shape index (κ3) is 2.11. The first-order valence-electron chi connectivity index (χ1n) is 10.3.